The zero-order valence-electron chi connectivity index (χ0n) is 20.9. The fourth-order valence-electron chi connectivity index (χ4n) is 4.40. The molecule has 2 aromatic carbocycles. The second kappa shape index (κ2) is 10.5. The third-order valence-corrected chi connectivity index (χ3v) is 6.45. The standard InChI is InChI=1S/C29H26ClN5O2/c1-17-13-20(11-12-31-17)7-10-26(36)29-33-25-9-8-22(27-18(2)35-37-19(27)3)15-24(25)28(34-29)32-16-21-5-4-6-23(30)14-21/h4-6,8-9,11-15H,7,10,16H2,1-3H3,(H,32,33,34). The molecule has 0 unspecified atom stereocenters. The number of nitrogens with zero attached hydrogens (tertiary/aromatic N) is 4. The van der Waals surface area contributed by atoms with Gasteiger partial charge in [-0.15, -0.1) is 0 Å². The number of benzene rings is 2. The van der Waals surface area contributed by atoms with Gasteiger partial charge in [0.2, 0.25) is 0 Å². The van der Waals surface area contributed by atoms with Crippen molar-refractivity contribution in [2.75, 3.05) is 5.32 Å². The average Bonchev–Trinajstić information content (AvgIpc) is 3.23. The van der Waals surface area contributed by atoms with Gasteiger partial charge in [-0.3, -0.25) is 9.78 Å². The Hall–Kier alpha value is -4.10. The van der Waals surface area contributed by atoms with Crippen molar-refractivity contribution in [2.45, 2.75) is 40.2 Å². The lowest BCUT2D eigenvalue weighted by Crippen LogP contribution is -2.11. The Morgan fingerprint density at radius 3 is 2.62 bits per heavy atom. The minimum Gasteiger partial charge on any atom is -0.365 e. The minimum absolute atomic E-state index is 0.114. The van der Waals surface area contributed by atoms with Gasteiger partial charge in [0.05, 0.1) is 11.2 Å². The average molecular weight is 512 g/mol. The van der Waals surface area contributed by atoms with Crippen molar-refractivity contribution in [2.24, 2.45) is 0 Å². The first kappa shape index (κ1) is 24.6. The Balaban J connectivity index is 1.50. The molecular formula is C29H26ClN5O2. The van der Waals surface area contributed by atoms with Crippen LogP contribution in [0.2, 0.25) is 5.02 Å². The summed E-state index contributed by atoms with van der Waals surface area (Å²) in [5.41, 5.74) is 6.37. The molecule has 0 amide bonds. The van der Waals surface area contributed by atoms with E-state index >= 15 is 0 Å². The number of hydrogen-bond donors (Lipinski definition) is 1. The number of anilines is 1. The molecular weight excluding hydrogens is 486 g/mol. The van der Waals surface area contributed by atoms with Crippen LogP contribution in [0.5, 0.6) is 0 Å². The van der Waals surface area contributed by atoms with Gasteiger partial charge in [-0.2, -0.15) is 0 Å². The molecule has 0 atom stereocenters. The highest BCUT2D eigenvalue weighted by Gasteiger charge is 2.17. The number of aromatic nitrogens is 4. The van der Waals surface area contributed by atoms with E-state index in [9.17, 15) is 4.79 Å². The minimum atomic E-state index is -0.114. The van der Waals surface area contributed by atoms with Gasteiger partial charge in [0.15, 0.2) is 11.6 Å². The molecule has 5 rings (SSSR count). The number of nitrogens with one attached hydrogen (secondary N) is 1. The summed E-state index contributed by atoms with van der Waals surface area (Å²) in [6.45, 7) is 6.23. The summed E-state index contributed by atoms with van der Waals surface area (Å²) < 4.78 is 5.37. The SMILES string of the molecule is Cc1cc(CCC(=O)c2nc(NCc3cccc(Cl)c3)c3cc(-c4c(C)noc4C)ccc3n2)ccn1. The van der Waals surface area contributed by atoms with Crippen LogP contribution in [-0.2, 0) is 13.0 Å². The van der Waals surface area contributed by atoms with Crippen molar-refractivity contribution < 1.29 is 9.32 Å². The van der Waals surface area contributed by atoms with Gasteiger partial charge in [0.25, 0.3) is 0 Å². The number of ketones is 1. The first-order valence-corrected chi connectivity index (χ1v) is 12.4. The predicted molar refractivity (Wildman–Crippen MR) is 145 cm³/mol. The number of aryl methyl sites for hydroxylation is 4. The van der Waals surface area contributed by atoms with Crippen LogP contribution < -0.4 is 5.32 Å². The van der Waals surface area contributed by atoms with E-state index in [0.717, 1.165) is 44.8 Å². The molecule has 0 saturated heterocycles. The molecule has 1 N–H and O–H groups in total. The highest BCUT2D eigenvalue weighted by Crippen LogP contribution is 2.32. The molecule has 0 aliphatic carbocycles. The topological polar surface area (TPSA) is 93.8 Å². The molecule has 0 spiro atoms. The molecule has 0 aliphatic rings. The summed E-state index contributed by atoms with van der Waals surface area (Å²) in [6.07, 6.45) is 2.66. The molecule has 3 heterocycles. The first-order valence-electron chi connectivity index (χ1n) is 12.1. The number of carbonyl (C=O) groups excluding carboxylic acids is 1. The Morgan fingerprint density at radius 2 is 1.86 bits per heavy atom. The number of hydrogen-bond acceptors (Lipinski definition) is 7. The fourth-order valence-corrected chi connectivity index (χ4v) is 4.61. The van der Waals surface area contributed by atoms with Crippen LogP contribution in [-0.4, -0.2) is 25.9 Å². The van der Waals surface area contributed by atoms with E-state index in [1.165, 1.54) is 0 Å². The van der Waals surface area contributed by atoms with Crippen LogP contribution in [0.1, 0.15) is 45.3 Å². The Labute approximate surface area is 219 Å². The van der Waals surface area contributed by atoms with E-state index in [1.807, 2.05) is 75.4 Å². The van der Waals surface area contributed by atoms with Crippen LogP contribution in [0, 0.1) is 20.8 Å². The van der Waals surface area contributed by atoms with Crippen LogP contribution in [0.25, 0.3) is 22.0 Å². The fraction of sp³-hybridized carbons (Fsp3) is 0.207. The van der Waals surface area contributed by atoms with Gasteiger partial charge in [0.1, 0.15) is 11.6 Å². The zero-order chi connectivity index (χ0) is 25.9. The maximum absolute atomic E-state index is 13.2. The van der Waals surface area contributed by atoms with E-state index in [2.05, 4.69) is 25.4 Å². The van der Waals surface area contributed by atoms with Gasteiger partial charge in [-0.25, -0.2) is 9.97 Å². The van der Waals surface area contributed by atoms with Gasteiger partial charge >= 0.3 is 0 Å². The Morgan fingerprint density at radius 1 is 1.00 bits per heavy atom. The van der Waals surface area contributed by atoms with Crippen molar-refractivity contribution in [3.05, 3.63) is 99.9 Å². The normalized spacial score (nSPS) is 11.1. The van der Waals surface area contributed by atoms with E-state index in [0.29, 0.717) is 35.7 Å². The molecule has 8 heteroatoms. The maximum Gasteiger partial charge on any atom is 0.200 e. The Bertz CT molecular complexity index is 1590. The maximum atomic E-state index is 13.2. The summed E-state index contributed by atoms with van der Waals surface area (Å²) in [4.78, 5) is 26.7. The lowest BCUT2D eigenvalue weighted by atomic mass is 10.0. The third-order valence-electron chi connectivity index (χ3n) is 6.22. The monoisotopic (exact) mass is 511 g/mol. The lowest BCUT2D eigenvalue weighted by Gasteiger charge is -2.12. The van der Waals surface area contributed by atoms with Gasteiger partial charge in [0, 0.05) is 40.8 Å². The van der Waals surface area contributed by atoms with Crippen LogP contribution in [0.15, 0.2) is 65.3 Å². The van der Waals surface area contributed by atoms with Crippen molar-refractivity contribution in [3.8, 4) is 11.1 Å². The number of fused-ring (bicyclic) bond motifs is 1. The summed E-state index contributed by atoms with van der Waals surface area (Å²) in [5.74, 6) is 1.40. The van der Waals surface area contributed by atoms with Crippen molar-refractivity contribution in [1.82, 2.24) is 20.1 Å². The van der Waals surface area contributed by atoms with Crippen LogP contribution >= 0.6 is 11.6 Å². The smallest absolute Gasteiger partial charge is 0.200 e. The van der Waals surface area contributed by atoms with Crippen LogP contribution in [0.3, 0.4) is 0 Å². The highest BCUT2D eigenvalue weighted by molar-refractivity contribution is 6.30. The second-order valence-electron chi connectivity index (χ2n) is 9.04. The molecule has 0 saturated carbocycles. The molecule has 7 nitrogen and oxygen atoms in total. The van der Waals surface area contributed by atoms with Gasteiger partial charge in [-0.05, 0) is 80.3 Å². The van der Waals surface area contributed by atoms with Crippen LogP contribution in [0.4, 0.5) is 5.82 Å². The lowest BCUT2D eigenvalue weighted by molar-refractivity contribution is 0.0973. The summed E-state index contributed by atoms with van der Waals surface area (Å²) in [6, 6.07) is 17.4. The summed E-state index contributed by atoms with van der Waals surface area (Å²) >= 11 is 6.17. The molecule has 0 aliphatic heterocycles. The number of Topliss-reactive ketones (excluding diaryl/α,β-unsaturated/α-hetero) is 1. The molecule has 3 aromatic heterocycles. The van der Waals surface area contributed by atoms with Crippen molar-refractivity contribution in [3.63, 3.8) is 0 Å². The third kappa shape index (κ3) is 5.52. The van der Waals surface area contributed by atoms with Crippen molar-refractivity contribution >= 4 is 34.1 Å². The van der Waals surface area contributed by atoms with E-state index in [4.69, 9.17) is 16.1 Å². The summed E-state index contributed by atoms with van der Waals surface area (Å²) in [5, 5.41) is 8.95. The van der Waals surface area contributed by atoms with E-state index in [-0.39, 0.29) is 11.6 Å². The first-order chi connectivity index (χ1) is 17.9. The van der Waals surface area contributed by atoms with E-state index < -0.39 is 0 Å². The molecule has 0 radical (unpaired) electrons. The Kier molecular flexibility index (Phi) is 6.97. The predicted octanol–water partition coefficient (Wildman–Crippen LogP) is 6.69. The molecule has 0 bridgehead atoms. The van der Waals surface area contributed by atoms with Crippen molar-refractivity contribution in [1.29, 1.82) is 0 Å². The summed E-state index contributed by atoms with van der Waals surface area (Å²) in [7, 11) is 0. The van der Waals surface area contributed by atoms with Gasteiger partial charge in [-0.1, -0.05) is 35.0 Å². The van der Waals surface area contributed by atoms with Gasteiger partial charge < -0.3 is 9.84 Å². The second-order valence-corrected chi connectivity index (χ2v) is 9.48. The quantitative estimate of drug-likeness (QED) is 0.232. The zero-order valence-corrected chi connectivity index (χ0v) is 21.6. The number of rotatable bonds is 8. The number of pyridine rings is 1. The molecule has 186 valence electrons. The number of carbonyl (C=O) groups is 1. The highest BCUT2D eigenvalue weighted by atomic mass is 35.5. The van der Waals surface area contributed by atoms with E-state index in [1.54, 1.807) is 6.20 Å². The molecule has 5 aromatic rings. The molecule has 0 fully saturated rings. The largest absolute Gasteiger partial charge is 0.365 e. The molecule has 37 heavy (non-hydrogen) atoms. The number of halogens is 1.